The number of nitrogens with two attached hydrogens (primary N) is 1. The summed E-state index contributed by atoms with van der Waals surface area (Å²) in [6.07, 6.45) is 4.47. The zero-order valence-electron chi connectivity index (χ0n) is 26.5. The normalized spacial score (nSPS) is 33.6. The van der Waals surface area contributed by atoms with Crippen molar-refractivity contribution in [2.24, 2.45) is 5.73 Å². The van der Waals surface area contributed by atoms with Gasteiger partial charge in [0, 0.05) is 57.8 Å². The van der Waals surface area contributed by atoms with Crippen molar-refractivity contribution in [2.45, 2.75) is 93.0 Å². The fourth-order valence-electron chi connectivity index (χ4n) is 9.46. The molecule has 1 aromatic rings. The van der Waals surface area contributed by atoms with Gasteiger partial charge >= 0.3 is 6.09 Å². The number of Topliss-reactive ketones (excluding diaryl/α,β-unsaturated/α-hetero) is 1. The van der Waals surface area contributed by atoms with Gasteiger partial charge in [-0.25, -0.2) is 4.79 Å². The van der Waals surface area contributed by atoms with Gasteiger partial charge in [-0.15, -0.1) is 0 Å². The summed E-state index contributed by atoms with van der Waals surface area (Å²) >= 11 is 0. The predicted molar refractivity (Wildman–Crippen MR) is 165 cm³/mol. The fraction of sp³-hybridized carbons (Fsp3) is 0.636. The molecule has 12 heteroatoms. The highest BCUT2D eigenvalue weighted by Crippen LogP contribution is 2.72. The molecule has 1 saturated carbocycles. The van der Waals surface area contributed by atoms with Crippen LogP contribution in [0.4, 0.5) is 4.79 Å². The van der Waals surface area contributed by atoms with Crippen molar-refractivity contribution in [3.8, 4) is 11.5 Å². The minimum atomic E-state index is -1.14. The second kappa shape index (κ2) is 11.4. The third-order valence-electron chi connectivity index (χ3n) is 11.4. The van der Waals surface area contributed by atoms with Gasteiger partial charge in [-0.1, -0.05) is 12.6 Å². The van der Waals surface area contributed by atoms with Crippen LogP contribution in [0, 0.1) is 0 Å². The molecule has 244 valence electrons. The monoisotopic (exact) mass is 624 g/mol. The number of carbonyl (C=O) groups excluding carboxylic acids is 4. The van der Waals surface area contributed by atoms with Gasteiger partial charge in [-0.3, -0.25) is 14.4 Å². The molecule has 3 aliphatic heterocycles. The molecule has 3 amide bonds. The lowest BCUT2D eigenvalue weighted by molar-refractivity contribution is -0.954. The van der Waals surface area contributed by atoms with E-state index in [0.29, 0.717) is 42.5 Å². The number of ketones is 1. The van der Waals surface area contributed by atoms with Crippen molar-refractivity contribution in [1.82, 2.24) is 15.5 Å². The van der Waals surface area contributed by atoms with Crippen LogP contribution < -0.4 is 25.8 Å². The molecule has 0 aromatic heterocycles. The van der Waals surface area contributed by atoms with Crippen molar-refractivity contribution in [1.29, 1.82) is 0 Å². The van der Waals surface area contributed by atoms with E-state index < -0.39 is 29.3 Å². The number of quaternary nitrogens is 1. The zero-order valence-corrected chi connectivity index (χ0v) is 26.5. The van der Waals surface area contributed by atoms with Crippen LogP contribution in [-0.4, -0.2) is 108 Å². The summed E-state index contributed by atoms with van der Waals surface area (Å²) in [5.74, 6) is 0.162. The van der Waals surface area contributed by atoms with Gasteiger partial charge in [0.1, 0.15) is 17.7 Å². The first kappa shape index (κ1) is 31.5. The summed E-state index contributed by atoms with van der Waals surface area (Å²) < 4.78 is 13.0. The van der Waals surface area contributed by atoms with Crippen LogP contribution in [-0.2, 0) is 19.8 Å². The first-order valence-corrected chi connectivity index (χ1v) is 16.2. The molecule has 2 aliphatic carbocycles. The molecule has 6 rings (SSSR count). The van der Waals surface area contributed by atoms with Crippen molar-refractivity contribution in [3.05, 3.63) is 35.9 Å². The SMILES string of the molecule is C=CC[N+]1(C)[C@@H]2C[C@]34c5c6ccc(OC(=O)N(C)CCNC(=O)[C@H](CCCCN)NC(C)=O)c5O[C@H]3C(=O)CC[C@@]4(O)[C@H]1CC62. The van der Waals surface area contributed by atoms with Gasteiger partial charge in [0.2, 0.25) is 11.8 Å². The molecule has 1 spiro atoms. The number of benzene rings is 1. The van der Waals surface area contributed by atoms with E-state index >= 15 is 0 Å². The average Bonchev–Trinajstić information content (AvgIpc) is 3.43. The summed E-state index contributed by atoms with van der Waals surface area (Å²) in [6.45, 7) is 6.95. The second-order valence-electron chi connectivity index (χ2n) is 13.8. The minimum Gasteiger partial charge on any atom is -0.477 e. The lowest BCUT2D eigenvalue weighted by atomic mass is 9.50. The Morgan fingerprint density at radius 2 is 2.11 bits per heavy atom. The van der Waals surface area contributed by atoms with E-state index in [9.17, 15) is 24.3 Å². The number of piperidine rings is 1. The summed E-state index contributed by atoms with van der Waals surface area (Å²) in [6, 6.07) is 3.23. The highest BCUT2D eigenvalue weighted by Gasteiger charge is 2.82. The van der Waals surface area contributed by atoms with Crippen molar-refractivity contribution >= 4 is 23.7 Å². The van der Waals surface area contributed by atoms with E-state index in [0.717, 1.165) is 30.5 Å². The molecule has 3 bridgehead atoms. The number of unbranched alkanes of at least 4 members (excludes halogenated alkanes) is 1. The molecular weight excluding hydrogens is 578 g/mol. The van der Waals surface area contributed by atoms with Crippen molar-refractivity contribution in [3.63, 3.8) is 0 Å². The number of amides is 3. The molecule has 12 nitrogen and oxygen atoms in total. The highest BCUT2D eigenvalue weighted by atomic mass is 16.6. The Morgan fingerprint density at radius 1 is 1.33 bits per heavy atom. The van der Waals surface area contributed by atoms with Gasteiger partial charge < -0.3 is 40.3 Å². The lowest BCUT2D eigenvalue weighted by Gasteiger charge is -2.63. The minimum absolute atomic E-state index is 0.0229. The van der Waals surface area contributed by atoms with E-state index in [1.54, 1.807) is 13.1 Å². The molecule has 0 radical (unpaired) electrons. The van der Waals surface area contributed by atoms with Gasteiger partial charge in [-0.2, -0.15) is 0 Å². The van der Waals surface area contributed by atoms with E-state index in [2.05, 4.69) is 24.3 Å². The van der Waals surface area contributed by atoms with E-state index in [4.69, 9.17) is 15.2 Å². The van der Waals surface area contributed by atoms with Gasteiger partial charge in [0.05, 0.1) is 25.0 Å². The summed E-state index contributed by atoms with van der Waals surface area (Å²) in [5, 5.41) is 18.1. The maximum atomic E-state index is 13.4. The zero-order chi connectivity index (χ0) is 32.3. The number of rotatable bonds is 12. The molecule has 2 saturated heterocycles. The first-order chi connectivity index (χ1) is 21.4. The molecule has 8 atom stereocenters. The molecule has 2 unspecified atom stereocenters. The van der Waals surface area contributed by atoms with E-state index in [1.807, 2.05) is 12.1 Å². The number of nitrogens with one attached hydrogen (secondary N) is 2. The van der Waals surface area contributed by atoms with Crippen LogP contribution >= 0.6 is 0 Å². The van der Waals surface area contributed by atoms with E-state index in [-0.39, 0.29) is 60.9 Å². The Kier molecular flexibility index (Phi) is 7.98. The number of aliphatic hydroxyl groups is 1. The van der Waals surface area contributed by atoms with Crippen LogP contribution in [0.5, 0.6) is 11.5 Å². The molecule has 45 heavy (non-hydrogen) atoms. The Morgan fingerprint density at radius 3 is 2.82 bits per heavy atom. The molecular formula is C33H46N5O7+. The largest absolute Gasteiger partial charge is 0.477 e. The molecule has 1 aromatic carbocycles. The third kappa shape index (κ3) is 4.58. The Labute approximate surface area is 263 Å². The Balaban J connectivity index is 1.19. The Bertz CT molecular complexity index is 1430. The first-order valence-electron chi connectivity index (χ1n) is 16.2. The summed E-state index contributed by atoms with van der Waals surface area (Å²) in [4.78, 5) is 52.3. The van der Waals surface area contributed by atoms with Crippen molar-refractivity contribution in [2.75, 3.05) is 40.3 Å². The van der Waals surface area contributed by atoms with Crippen LogP contribution in [0.15, 0.2) is 24.8 Å². The lowest BCUT2D eigenvalue weighted by Crippen LogP contribution is -2.79. The fourth-order valence-corrected chi connectivity index (χ4v) is 9.46. The number of ether oxygens (including phenoxy) is 2. The topological polar surface area (TPSA) is 160 Å². The highest BCUT2D eigenvalue weighted by molar-refractivity contribution is 5.90. The number of nitrogens with zero attached hydrogens (tertiary/aromatic N) is 2. The van der Waals surface area contributed by atoms with Crippen LogP contribution in [0.25, 0.3) is 0 Å². The predicted octanol–water partition coefficient (Wildman–Crippen LogP) is 1.23. The Hall–Kier alpha value is -3.48. The number of fused-ring (bicyclic) bond motifs is 3. The summed E-state index contributed by atoms with van der Waals surface area (Å²) in [7, 11) is 3.78. The number of hydrogen-bond acceptors (Lipinski definition) is 8. The maximum Gasteiger partial charge on any atom is 0.415 e. The molecule has 3 fully saturated rings. The second-order valence-corrected chi connectivity index (χ2v) is 13.8. The molecule has 5 aliphatic rings. The number of hydrogen-bond donors (Lipinski definition) is 4. The van der Waals surface area contributed by atoms with Crippen LogP contribution in [0.1, 0.15) is 68.9 Å². The van der Waals surface area contributed by atoms with Gasteiger partial charge in [0.15, 0.2) is 23.4 Å². The van der Waals surface area contributed by atoms with Crippen LogP contribution in [0.3, 0.4) is 0 Å². The summed E-state index contributed by atoms with van der Waals surface area (Å²) in [5.41, 5.74) is 5.47. The molecule has 3 heterocycles. The van der Waals surface area contributed by atoms with Gasteiger partial charge in [-0.05, 0) is 49.9 Å². The van der Waals surface area contributed by atoms with E-state index in [1.165, 1.54) is 11.8 Å². The molecule has 5 N–H and O–H groups in total. The maximum absolute atomic E-state index is 13.4. The van der Waals surface area contributed by atoms with Crippen molar-refractivity contribution < 1.29 is 38.2 Å². The smallest absolute Gasteiger partial charge is 0.415 e. The number of carbonyl (C=O) groups is 4. The quantitative estimate of drug-likeness (QED) is 0.154. The van der Waals surface area contributed by atoms with Gasteiger partial charge in [0.25, 0.3) is 0 Å². The average molecular weight is 625 g/mol. The van der Waals surface area contributed by atoms with Crippen LogP contribution in [0.2, 0.25) is 0 Å². The number of likely N-dealkylation sites (N-methyl/N-ethyl adjacent to an activating group) is 2. The standard InChI is InChI=1S/C33H45N5O7/c1-5-16-38(4)23-18-32-27-20-9-10-25(28(27)45-29(32)24(40)11-12-33(32,43)26(38)17-21(20)23)44-31(42)37(3)15-14-35-30(41)22(36-19(2)39)8-6-7-13-34/h5,9-10,21-23,26,29,43H,1,6-8,11-18,34H2,2-4H3,(H-,35,36,39,41)/p+1/t21?,22-,23+,26+,29-,32-,33+,38?/m0/s1. The third-order valence-corrected chi connectivity index (χ3v) is 11.4.